The molecular weight excluding hydrogens is 343 g/mol. The molecule has 1 aromatic rings. The minimum absolute atomic E-state index is 0.0464. The van der Waals surface area contributed by atoms with Crippen LogP contribution in [0.25, 0.3) is 0 Å². The number of hydrogen-bond donors (Lipinski definition) is 0. The smallest absolute Gasteiger partial charge is 0.356 e. The molecule has 7 nitrogen and oxygen atoms in total. The zero-order valence-electron chi connectivity index (χ0n) is 13.6. The fourth-order valence-corrected chi connectivity index (χ4v) is 3.91. The van der Waals surface area contributed by atoms with Crippen LogP contribution >= 0.6 is 7.60 Å². The molecule has 0 N–H and O–H groups in total. The van der Waals surface area contributed by atoms with Crippen molar-refractivity contribution in [3.8, 4) is 0 Å². The van der Waals surface area contributed by atoms with E-state index in [0.29, 0.717) is 0 Å². The van der Waals surface area contributed by atoms with Crippen molar-refractivity contribution in [2.75, 3.05) is 32.8 Å². The van der Waals surface area contributed by atoms with Gasteiger partial charge in [-0.05, 0) is 32.9 Å². The molecule has 0 unspecified atom stereocenters. The lowest BCUT2D eigenvalue weighted by atomic mass is 10.2. The summed E-state index contributed by atoms with van der Waals surface area (Å²) in [4.78, 5) is 0.0809. The van der Waals surface area contributed by atoms with E-state index in [-0.39, 0.29) is 37.7 Å². The quantitative estimate of drug-likeness (QED) is 0.338. The van der Waals surface area contributed by atoms with Gasteiger partial charge in [-0.1, -0.05) is 17.7 Å². The van der Waals surface area contributed by atoms with Crippen molar-refractivity contribution >= 4 is 17.7 Å². The van der Waals surface area contributed by atoms with Gasteiger partial charge in [0.05, 0.1) is 31.3 Å². The molecule has 0 aliphatic heterocycles. The third-order valence-corrected chi connectivity index (χ3v) is 5.81. The summed E-state index contributed by atoms with van der Waals surface area (Å²) < 4.78 is 56.1. The summed E-state index contributed by atoms with van der Waals surface area (Å²) in [6.45, 7) is 5.49. The molecule has 23 heavy (non-hydrogen) atoms. The molecule has 1 aromatic carbocycles. The minimum atomic E-state index is -3.82. The van der Waals surface area contributed by atoms with E-state index in [1.165, 1.54) is 12.1 Å². The maximum atomic E-state index is 12.1. The van der Waals surface area contributed by atoms with Crippen molar-refractivity contribution in [3.63, 3.8) is 0 Å². The number of rotatable bonds is 11. The molecule has 9 heteroatoms. The zero-order valence-corrected chi connectivity index (χ0v) is 15.3. The maximum Gasteiger partial charge on any atom is 0.356 e. The van der Waals surface area contributed by atoms with Crippen LogP contribution < -0.4 is 0 Å². The van der Waals surface area contributed by atoms with E-state index in [4.69, 9.17) is 18.0 Å². The molecule has 0 amide bonds. The Morgan fingerprint density at radius 1 is 1.00 bits per heavy atom. The van der Waals surface area contributed by atoms with Gasteiger partial charge in [-0.3, -0.25) is 8.75 Å². The molecular formula is C14H23O7PS. The average Bonchev–Trinajstić information content (AvgIpc) is 2.47. The number of ether oxygens (including phenoxy) is 1. The van der Waals surface area contributed by atoms with E-state index in [1.54, 1.807) is 26.0 Å². The van der Waals surface area contributed by atoms with E-state index >= 15 is 0 Å². The molecule has 0 fully saturated rings. The van der Waals surface area contributed by atoms with Crippen LogP contribution in [-0.4, -0.2) is 41.2 Å². The Labute approximate surface area is 137 Å². The van der Waals surface area contributed by atoms with Crippen molar-refractivity contribution in [2.24, 2.45) is 0 Å². The number of benzene rings is 1. The lowest BCUT2D eigenvalue weighted by Crippen LogP contribution is -2.13. The molecule has 0 bridgehead atoms. The van der Waals surface area contributed by atoms with Crippen LogP contribution in [0.4, 0.5) is 0 Å². The van der Waals surface area contributed by atoms with Crippen molar-refractivity contribution in [1.82, 2.24) is 0 Å². The molecule has 0 saturated heterocycles. The van der Waals surface area contributed by atoms with Crippen LogP contribution in [0.3, 0.4) is 0 Å². The van der Waals surface area contributed by atoms with Crippen LogP contribution in [0.1, 0.15) is 19.4 Å². The van der Waals surface area contributed by atoms with Gasteiger partial charge in [0.1, 0.15) is 6.35 Å². The largest absolute Gasteiger partial charge is 0.366 e. The monoisotopic (exact) mass is 366 g/mol. The predicted molar refractivity (Wildman–Crippen MR) is 86.0 cm³/mol. The van der Waals surface area contributed by atoms with Crippen LogP contribution in [0.5, 0.6) is 0 Å². The summed E-state index contributed by atoms with van der Waals surface area (Å²) in [5, 5.41) is 0. The molecule has 0 aliphatic rings. The first-order valence-corrected chi connectivity index (χ1v) is 10.4. The normalized spacial score (nSPS) is 12.5. The molecule has 0 saturated carbocycles. The van der Waals surface area contributed by atoms with Gasteiger partial charge in [-0.15, -0.1) is 0 Å². The second-order valence-electron chi connectivity index (χ2n) is 4.57. The minimum Gasteiger partial charge on any atom is -0.366 e. The molecule has 0 radical (unpaired) electrons. The first-order valence-electron chi connectivity index (χ1n) is 7.25. The molecule has 132 valence electrons. The fraction of sp³-hybridized carbons (Fsp3) is 0.571. The summed E-state index contributed by atoms with van der Waals surface area (Å²) in [5.41, 5.74) is 0.954. The highest BCUT2D eigenvalue weighted by Crippen LogP contribution is 2.47. The van der Waals surface area contributed by atoms with Gasteiger partial charge < -0.3 is 13.8 Å². The zero-order chi connectivity index (χ0) is 17.3. The van der Waals surface area contributed by atoms with Crippen LogP contribution in [0, 0.1) is 6.92 Å². The average molecular weight is 366 g/mol. The van der Waals surface area contributed by atoms with Gasteiger partial charge in [-0.2, -0.15) is 8.42 Å². The van der Waals surface area contributed by atoms with E-state index in [1.807, 2.05) is 6.92 Å². The Balaban J connectivity index is 2.42. The summed E-state index contributed by atoms with van der Waals surface area (Å²) in [6, 6.07) is 6.33. The Kier molecular flexibility index (Phi) is 8.39. The number of hydrogen-bond acceptors (Lipinski definition) is 7. The molecule has 0 heterocycles. The summed E-state index contributed by atoms with van der Waals surface area (Å²) >= 11 is 0. The third-order valence-electron chi connectivity index (χ3n) is 2.68. The van der Waals surface area contributed by atoms with Crippen LogP contribution in [0.15, 0.2) is 29.2 Å². The lowest BCUT2D eigenvalue weighted by Gasteiger charge is -2.16. The highest BCUT2D eigenvalue weighted by atomic mass is 32.2. The van der Waals surface area contributed by atoms with Gasteiger partial charge in [0.25, 0.3) is 10.1 Å². The summed E-state index contributed by atoms with van der Waals surface area (Å²) in [6.07, 6.45) is -0.247. The van der Waals surface area contributed by atoms with Crippen LogP contribution in [0.2, 0.25) is 0 Å². The second-order valence-corrected chi connectivity index (χ2v) is 8.18. The Bertz CT molecular complexity index is 603. The molecule has 0 atom stereocenters. The number of aryl methyl sites for hydroxylation is 1. The maximum absolute atomic E-state index is 12.1. The fourth-order valence-electron chi connectivity index (χ4n) is 1.66. The Morgan fingerprint density at radius 3 is 2.09 bits per heavy atom. The topological polar surface area (TPSA) is 88.1 Å². The van der Waals surface area contributed by atoms with Crippen LogP contribution in [-0.2, 0) is 32.7 Å². The SMILES string of the molecule is CCOP(=O)(COCCOS(=O)(=O)c1ccc(C)cc1)OCC. The first kappa shape index (κ1) is 20.3. The van der Waals surface area contributed by atoms with E-state index in [9.17, 15) is 13.0 Å². The van der Waals surface area contributed by atoms with E-state index in [2.05, 4.69) is 0 Å². The first-order chi connectivity index (χ1) is 10.8. The van der Waals surface area contributed by atoms with Gasteiger partial charge in [0.2, 0.25) is 0 Å². The Hall–Kier alpha value is -0.760. The third kappa shape index (κ3) is 7.12. The van der Waals surface area contributed by atoms with E-state index in [0.717, 1.165) is 5.56 Å². The summed E-state index contributed by atoms with van der Waals surface area (Å²) in [5.74, 6) is 0. The predicted octanol–water partition coefficient (Wildman–Crippen LogP) is 2.94. The molecule has 0 aliphatic carbocycles. The van der Waals surface area contributed by atoms with Gasteiger partial charge in [-0.25, -0.2) is 0 Å². The van der Waals surface area contributed by atoms with Crippen molar-refractivity contribution < 1.29 is 31.0 Å². The van der Waals surface area contributed by atoms with E-state index < -0.39 is 17.7 Å². The highest BCUT2D eigenvalue weighted by molar-refractivity contribution is 7.86. The summed E-state index contributed by atoms with van der Waals surface area (Å²) in [7, 11) is -7.12. The highest BCUT2D eigenvalue weighted by Gasteiger charge is 2.23. The Morgan fingerprint density at radius 2 is 1.57 bits per heavy atom. The van der Waals surface area contributed by atoms with Gasteiger partial charge in [0.15, 0.2) is 0 Å². The second kappa shape index (κ2) is 9.52. The standard InChI is InChI=1S/C14H23O7PS/c1-4-19-22(15,20-5-2)12-18-10-11-21-23(16,17)14-8-6-13(3)7-9-14/h6-9H,4-5,10-12H2,1-3H3. The van der Waals surface area contributed by atoms with Crippen molar-refractivity contribution in [1.29, 1.82) is 0 Å². The molecule has 1 rings (SSSR count). The molecule has 0 aromatic heterocycles. The lowest BCUT2D eigenvalue weighted by molar-refractivity contribution is 0.108. The van der Waals surface area contributed by atoms with Crippen molar-refractivity contribution in [3.05, 3.63) is 29.8 Å². The van der Waals surface area contributed by atoms with Gasteiger partial charge >= 0.3 is 7.60 Å². The molecule has 0 spiro atoms. The van der Waals surface area contributed by atoms with Crippen molar-refractivity contribution in [2.45, 2.75) is 25.7 Å². The van der Waals surface area contributed by atoms with Gasteiger partial charge in [0, 0.05) is 0 Å².